The zero-order valence-corrected chi connectivity index (χ0v) is 20.4. The van der Waals surface area contributed by atoms with E-state index in [2.05, 4.69) is 15.1 Å². The second-order valence-electron chi connectivity index (χ2n) is 8.34. The molecule has 0 amide bonds. The first-order valence-corrected chi connectivity index (χ1v) is 12.7. The second-order valence-corrected chi connectivity index (χ2v) is 10.7. The summed E-state index contributed by atoms with van der Waals surface area (Å²) in [6.07, 6.45) is -0.660. The fraction of sp³-hybridized carbons (Fsp3) is 0.240. The Kier molecular flexibility index (Phi) is 7.14. The molecule has 2 unspecified atom stereocenters. The molecular formula is C25H25F2N5O3S. The zero-order valence-electron chi connectivity index (χ0n) is 19.6. The number of hydrogen-bond donors (Lipinski definition) is 2. The van der Waals surface area contributed by atoms with E-state index in [1.54, 1.807) is 49.4 Å². The van der Waals surface area contributed by atoms with Gasteiger partial charge in [-0.05, 0) is 31.0 Å². The lowest BCUT2D eigenvalue weighted by Crippen LogP contribution is -2.18. The van der Waals surface area contributed by atoms with Crippen molar-refractivity contribution < 1.29 is 21.7 Å². The van der Waals surface area contributed by atoms with Crippen molar-refractivity contribution in [1.82, 2.24) is 15.1 Å². The fourth-order valence-electron chi connectivity index (χ4n) is 3.53. The van der Waals surface area contributed by atoms with Gasteiger partial charge < -0.3 is 16.0 Å². The quantitative estimate of drug-likeness (QED) is 0.340. The van der Waals surface area contributed by atoms with Gasteiger partial charge >= 0.3 is 0 Å². The Labute approximate surface area is 207 Å². The number of benzene rings is 2. The van der Waals surface area contributed by atoms with E-state index in [0.717, 1.165) is 0 Å². The van der Waals surface area contributed by atoms with E-state index in [9.17, 15) is 17.2 Å². The number of sulfone groups is 1. The van der Waals surface area contributed by atoms with Crippen LogP contribution in [0.5, 0.6) is 0 Å². The molecule has 2 aromatic heterocycles. The van der Waals surface area contributed by atoms with Crippen molar-refractivity contribution in [2.75, 3.05) is 5.73 Å². The van der Waals surface area contributed by atoms with E-state index in [1.807, 2.05) is 6.92 Å². The molecule has 0 radical (unpaired) electrons. The Hall–Kier alpha value is -3.70. The number of anilines is 1. The van der Waals surface area contributed by atoms with E-state index < -0.39 is 27.6 Å². The van der Waals surface area contributed by atoms with Gasteiger partial charge in [0.1, 0.15) is 5.69 Å². The molecule has 0 aliphatic rings. The number of hydrogen-bond acceptors (Lipinski definition) is 8. The summed E-state index contributed by atoms with van der Waals surface area (Å²) >= 11 is 0. The van der Waals surface area contributed by atoms with Crippen molar-refractivity contribution in [3.63, 3.8) is 0 Å². The normalized spacial score (nSPS) is 13.6. The molecule has 4 rings (SSSR count). The van der Waals surface area contributed by atoms with Gasteiger partial charge in [0, 0.05) is 17.2 Å². The summed E-state index contributed by atoms with van der Waals surface area (Å²) in [6.45, 7) is 3.51. The van der Waals surface area contributed by atoms with Crippen LogP contribution >= 0.6 is 0 Å². The summed E-state index contributed by atoms with van der Waals surface area (Å²) in [5, 5.41) is 3.55. The van der Waals surface area contributed by atoms with Crippen molar-refractivity contribution in [3.8, 4) is 34.0 Å². The number of alkyl halides is 2. The molecule has 4 N–H and O–H groups in total. The molecule has 0 saturated carbocycles. The SMILES string of the molecule is CCC(C)S(=O)(=O)c1ccc(-c2cnc(N)c(-c3cc(-c4ccc(C(N)C(F)F)cc4)no3)n2)cc1. The number of nitrogens with two attached hydrogens (primary N) is 2. The predicted octanol–water partition coefficient (Wildman–Crippen LogP) is 4.88. The smallest absolute Gasteiger partial charge is 0.257 e. The molecule has 2 aromatic carbocycles. The molecule has 2 atom stereocenters. The van der Waals surface area contributed by atoms with Crippen molar-refractivity contribution in [2.24, 2.45) is 5.73 Å². The van der Waals surface area contributed by atoms with Crippen molar-refractivity contribution in [1.29, 1.82) is 0 Å². The number of rotatable bonds is 8. The van der Waals surface area contributed by atoms with Crippen LogP contribution in [-0.2, 0) is 9.84 Å². The lowest BCUT2D eigenvalue weighted by atomic mass is 10.0. The van der Waals surface area contributed by atoms with Crippen molar-refractivity contribution >= 4 is 15.7 Å². The van der Waals surface area contributed by atoms with Crippen LogP contribution in [0, 0.1) is 0 Å². The van der Waals surface area contributed by atoms with Gasteiger partial charge in [-0.1, -0.05) is 48.5 Å². The second kappa shape index (κ2) is 10.1. The molecule has 188 valence electrons. The first-order chi connectivity index (χ1) is 17.1. The third kappa shape index (κ3) is 4.98. The summed E-state index contributed by atoms with van der Waals surface area (Å²) in [7, 11) is -3.40. The van der Waals surface area contributed by atoms with Crippen molar-refractivity contribution in [3.05, 3.63) is 66.4 Å². The average molecular weight is 514 g/mol. The lowest BCUT2D eigenvalue weighted by molar-refractivity contribution is 0.116. The lowest BCUT2D eigenvalue weighted by Gasteiger charge is -2.11. The van der Waals surface area contributed by atoms with E-state index in [1.165, 1.54) is 18.3 Å². The molecule has 2 heterocycles. The van der Waals surface area contributed by atoms with Gasteiger partial charge in [-0.3, -0.25) is 0 Å². The summed E-state index contributed by atoms with van der Waals surface area (Å²) in [4.78, 5) is 8.99. The van der Waals surface area contributed by atoms with E-state index >= 15 is 0 Å². The van der Waals surface area contributed by atoms with Crippen LogP contribution in [0.1, 0.15) is 31.9 Å². The van der Waals surface area contributed by atoms with Gasteiger partial charge in [-0.2, -0.15) is 0 Å². The summed E-state index contributed by atoms with van der Waals surface area (Å²) in [5.41, 5.74) is 14.3. The van der Waals surface area contributed by atoms with Crippen LogP contribution in [-0.4, -0.2) is 35.2 Å². The molecule has 36 heavy (non-hydrogen) atoms. The van der Waals surface area contributed by atoms with Crippen LogP contribution in [0.2, 0.25) is 0 Å². The molecule has 4 aromatic rings. The summed E-state index contributed by atoms with van der Waals surface area (Å²) < 4.78 is 56.3. The van der Waals surface area contributed by atoms with Gasteiger partial charge in [0.25, 0.3) is 6.43 Å². The third-order valence-electron chi connectivity index (χ3n) is 5.99. The minimum atomic E-state index is -3.40. The minimum absolute atomic E-state index is 0.121. The number of halogens is 2. The average Bonchev–Trinajstić information content (AvgIpc) is 3.38. The third-order valence-corrected chi connectivity index (χ3v) is 8.31. The maximum Gasteiger partial charge on any atom is 0.257 e. The molecule has 0 aliphatic carbocycles. The Morgan fingerprint density at radius 3 is 2.22 bits per heavy atom. The molecule has 8 nitrogen and oxygen atoms in total. The van der Waals surface area contributed by atoms with Crippen LogP contribution < -0.4 is 11.5 Å². The highest BCUT2D eigenvalue weighted by atomic mass is 32.2. The van der Waals surface area contributed by atoms with E-state index in [4.69, 9.17) is 16.0 Å². The molecule has 0 saturated heterocycles. The first-order valence-electron chi connectivity index (χ1n) is 11.2. The Morgan fingerprint density at radius 1 is 1.00 bits per heavy atom. The Morgan fingerprint density at radius 2 is 1.61 bits per heavy atom. The van der Waals surface area contributed by atoms with Crippen LogP contribution in [0.3, 0.4) is 0 Å². The first kappa shape index (κ1) is 25.4. The maximum atomic E-state index is 12.8. The maximum absolute atomic E-state index is 12.8. The minimum Gasteiger partial charge on any atom is -0.382 e. The van der Waals surface area contributed by atoms with Gasteiger partial charge in [0.05, 0.1) is 28.1 Å². The predicted molar refractivity (Wildman–Crippen MR) is 133 cm³/mol. The highest BCUT2D eigenvalue weighted by Crippen LogP contribution is 2.31. The highest BCUT2D eigenvalue weighted by Gasteiger charge is 2.22. The van der Waals surface area contributed by atoms with Crippen LogP contribution in [0.4, 0.5) is 14.6 Å². The fourth-order valence-corrected chi connectivity index (χ4v) is 4.95. The zero-order chi connectivity index (χ0) is 26.0. The largest absolute Gasteiger partial charge is 0.382 e. The molecule has 11 heteroatoms. The summed E-state index contributed by atoms with van der Waals surface area (Å²) in [6, 6.07) is 12.9. The van der Waals surface area contributed by atoms with Gasteiger partial charge in [0.15, 0.2) is 27.1 Å². The van der Waals surface area contributed by atoms with Gasteiger partial charge in [-0.15, -0.1) is 0 Å². The van der Waals surface area contributed by atoms with E-state index in [-0.39, 0.29) is 22.2 Å². The highest BCUT2D eigenvalue weighted by molar-refractivity contribution is 7.92. The number of aromatic nitrogens is 3. The molecule has 0 spiro atoms. The van der Waals surface area contributed by atoms with Crippen LogP contribution in [0.15, 0.2) is 70.2 Å². The molecular weight excluding hydrogens is 488 g/mol. The van der Waals surface area contributed by atoms with E-state index in [0.29, 0.717) is 34.5 Å². The van der Waals surface area contributed by atoms with Crippen molar-refractivity contribution in [2.45, 2.75) is 42.9 Å². The Bertz CT molecular complexity index is 1460. The molecule has 0 bridgehead atoms. The number of nitrogen functional groups attached to an aromatic ring is 1. The standard InChI is InChI=1S/C25H25F2N5O3S/c1-3-14(2)36(33,34)18-10-8-16(9-11-18)20-13-30-25(29)23(31-20)21-12-19(32-35-21)15-4-6-17(7-5-15)22(28)24(26)27/h4-14,22,24H,3,28H2,1-2H3,(H2,29,30). The van der Waals surface area contributed by atoms with Gasteiger partial charge in [0.2, 0.25) is 0 Å². The molecule has 0 fully saturated rings. The van der Waals surface area contributed by atoms with Gasteiger partial charge in [-0.25, -0.2) is 27.2 Å². The number of nitrogens with zero attached hydrogens (tertiary/aromatic N) is 3. The summed E-state index contributed by atoms with van der Waals surface area (Å²) in [5.74, 6) is 0.386. The molecule has 0 aliphatic heterocycles. The monoisotopic (exact) mass is 513 g/mol. The Balaban J connectivity index is 1.61. The van der Waals surface area contributed by atoms with Crippen LogP contribution in [0.25, 0.3) is 34.0 Å². The topological polar surface area (TPSA) is 138 Å².